The average Bonchev–Trinajstić information content (AvgIpc) is 2.74. The molecule has 152 valence electrons. The predicted octanol–water partition coefficient (Wildman–Crippen LogP) is 1.93. The largest absolute Gasteiger partial charge is 0.452 e. The van der Waals surface area contributed by atoms with E-state index >= 15 is 0 Å². The van der Waals surface area contributed by atoms with Gasteiger partial charge in [0, 0.05) is 31.4 Å². The van der Waals surface area contributed by atoms with Gasteiger partial charge < -0.3 is 19.7 Å². The first-order valence-corrected chi connectivity index (χ1v) is 8.95. The highest BCUT2D eigenvalue weighted by atomic mass is 16.6. The lowest BCUT2D eigenvalue weighted by atomic mass is 10.2. The Morgan fingerprint density at radius 2 is 2.07 bits per heavy atom. The van der Waals surface area contributed by atoms with Gasteiger partial charge in [-0.2, -0.15) is 0 Å². The van der Waals surface area contributed by atoms with E-state index in [0.717, 1.165) is 0 Å². The number of aryl methyl sites for hydroxylation is 1. The highest BCUT2D eigenvalue weighted by molar-refractivity contribution is 5.98. The maximum absolute atomic E-state index is 12.5. The fourth-order valence-corrected chi connectivity index (χ4v) is 2.84. The third kappa shape index (κ3) is 5.05. The number of nitro benzene ring substituents is 1. The molecule has 10 heteroatoms. The van der Waals surface area contributed by atoms with Crippen molar-refractivity contribution >= 4 is 29.1 Å². The molecule has 3 rings (SSSR count). The number of ether oxygens (including phenoxy) is 2. The number of nitro groups is 1. The quantitative estimate of drug-likeness (QED) is 0.443. The fourth-order valence-electron chi connectivity index (χ4n) is 2.84. The highest BCUT2D eigenvalue weighted by Gasteiger charge is 2.21. The predicted molar refractivity (Wildman–Crippen MR) is 104 cm³/mol. The molecule has 1 aromatic carbocycles. The number of carbonyl (C=O) groups excluding carboxylic acids is 2. The van der Waals surface area contributed by atoms with Gasteiger partial charge in [-0.05, 0) is 24.6 Å². The normalized spacial score (nSPS) is 13.6. The number of morpholine rings is 1. The Hall–Kier alpha value is -3.53. The standard InChI is InChI=1S/C19H20N4O6/c1-13-4-5-14(23(26)27)11-16(13)21-17(24)12-29-19(25)15-3-2-6-20-18(15)22-7-9-28-10-8-22/h2-6,11H,7-10,12H2,1H3,(H,21,24). The maximum Gasteiger partial charge on any atom is 0.342 e. The Balaban J connectivity index is 1.63. The van der Waals surface area contributed by atoms with Crippen molar-refractivity contribution in [1.82, 2.24) is 4.98 Å². The SMILES string of the molecule is Cc1ccc([N+](=O)[O-])cc1NC(=O)COC(=O)c1cccnc1N1CCOCC1. The number of nitrogens with zero attached hydrogens (tertiary/aromatic N) is 3. The molecule has 0 atom stereocenters. The molecule has 29 heavy (non-hydrogen) atoms. The molecule has 1 fully saturated rings. The summed E-state index contributed by atoms with van der Waals surface area (Å²) in [5.74, 6) is -0.792. The van der Waals surface area contributed by atoms with Gasteiger partial charge in [0.2, 0.25) is 0 Å². The zero-order valence-electron chi connectivity index (χ0n) is 15.8. The number of non-ortho nitro benzene ring substituents is 1. The van der Waals surface area contributed by atoms with Gasteiger partial charge in [0.1, 0.15) is 11.4 Å². The Morgan fingerprint density at radius 3 is 2.79 bits per heavy atom. The fraction of sp³-hybridized carbons (Fsp3) is 0.316. The van der Waals surface area contributed by atoms with Gasteiger partial charge in [-0.15, -0.1) is 0 Å². The van der Waals surface area contributed by atoms with Crippen molar-refractivity contribution in [2.24, 2.45) is 0 Å². The number of pyridine rings is 1. The van der Waals surface area contributed by atoms with Crippen molar-refractivity contribution in [2.45, 2.75) is 6.92 Å². The van der Waals surface area contributed by atoms with Crippen LogP contribution in [0.5, 0.6) is 0 Å². The van der Waals surface area contributed by atoms with Crippen molar-refractivity contribution in [2.75, 3.05) is 43.1 Å². The summed E-state index contributed by atoms with van der Waals surface area (Å²) in [4.78, 5) is 41.2. The molecule has 10 nitrogen and oxygen atoms in total. The molecule has 0 saturated carbocycles. The molecule has 2 heterocycles. The van der Waals surface area contributed by atoms with E-state index in [1.54, 1.807) is 25.3 Å². The minimum Gasteiger partial charge on any atom is -0.452 e. The Bertz CT molecular complexity index is 927. The van der Waals surface area contributed by atoms with E-state index in [1.807, 2.05) is 4.90 Å². The summed E-state index contributed by atoms with van der Waals surface area (Å²) in [7, 11) is 0. The number of hydrogen-bond donors (Lipinski definition) is 1. The van der Waals surface area contributed by atoms with Crippen molar-refractivity contribution in [3.8, 4) is 0 Å². The number of benzene rings is 1. The first-order chi connectivity index (χ1) is 14.0. The lowest BCUT2D eigenvalue weighted by Crippen LogP contribution is -2.37. The van der Waals surface area contributed by atoms with Crippen LogP contribution in [0, 0.1) is 17.0 Å². The van der Waals surface area contributed by atoms with Crippen molar-refractivity contribution < 1.29 is 24.0 Å². The number of anilines is 2. The summed E-state index contributed by atoms with van der Waals surface area (Å²) in [6, 6.07) is 7.34. The zero-order chi connectivity index (χ0) is 20.8. The van der Waals surface area contributed by atoms with Crippen LogP contribution in [-0.2, 0) is 14.3 Å². The number of carbonyl (C=O) groups is 2. The molecule has 1 aliphatic rings. The van der Waals surface area contributed by atoms with Crippen LogP contribution >= 0.6 is 0 Å². The van der Waals surface area contributed by atoms with Crippen LogP contribution in [0.1, 0.15) is 15.9 Å². The zero-order valence-corrected chi connectivity index (χ0v) is 15.8. The third-order valence-electron chi connectivity index (χ3n) is 4.36. The molecule has 1 aromatic heterocycles. The molecule has 1 saturated heterocycles. The van der Waals surface area contributed by atoms with Gasteiger partial charge in [-0.25, -0.2) is 9.78 Å². The smallest absolute Gasteiger partial charge is 0.342 e. The van der Waals surface area contributed by atoms with Crippen LogP contribution in [0.25, 0.3) is 0 Å². The first-order valence-electron chi connectivity index (χ1n) is 8.95. The molecule has 0 bridgehead atoms. The number of rotatable bonds is 6. The summed E-state index contributed by atoms with van der Waals surface area (Å²) < 4.78 is 10.4. The number of nitrogens with one attached hydrogen (secondary N) is 1. The van der Waals surface area contributed by atoms with Crippen LogP contribution in [0.2, 0.25) is 0 Å². The lowest BCUT2D eigenvalue weighted by Gasteiger charge is -2.28. The molecule has 2 aromatic rings. The molecule has 0 spiro atoms. The summed E-state index contributed by atoms with van der Waals surface area (Å²) >= 11 is 0. The molecule has 1 amide bonds. The highest BCUT2D eigenvalue weighted by Crippen LogP contribution is 2.22. The van der Waals surface area contributed by atoms with Gasteiger partial charge >= 0.3 is 5.97 Å². The van der Waals surface area contributed by atoms with Crippen LogP contribution in [0.4, 0.5) is 17.2 Å². The molecule has 0 aliphatic carbocycles. The van der Waals surface area contributed by atoms with E-state index in [9.17, 15) is 19.7 Å². The van der Waals surface area contributed by atoms with E-state index in [0.29, 0.717) is 37.7 Å². The van der Waals surface area contributed by atoms with Crippen LogP contribution in [-0.4, -0.2) is 54.7 Å². The van der Waals surface area contributed by atoms with Crippen molar-refractivity contribution in [1.29, 1.82) is 0 Å². The Morgan fingerprint density at radius 1 is 1.31 bits per heavy atom. The van der Waals surface area contributed by atoms with E-state index in [2.05, 4.69) is 10.3 Å². The maximum atomic E-state index is 12.5. The van der Waals surface area contributed by atoms with Gasteiger partial charge in [0.25, 0.3) is 11.6 Å². The second-order valence-corrected chi connectivity index (χ2v) is 6.35. The van der Waals surface area contributed by atoms with Crippen LogP contribution in [0.15, 0.2) is 36.5 Å². The average molecular weight is 400 g/mol. The number of aromatic nitrogens is 1. The molecule has 1 N–H and O–H groups in total. The molecule has 0 unspecified atom stereocenters. The van der Waals surface area contributed by atoms with E-state index in [1.165, 1.54) is 18.2 Å². The van der Waals surface area contributed by atoms with Crippen molar-refractivity contribution in [3.63, 3.8) is 0 Å². The molecule has 1 aliphatic heterocycles. The molecular formula is C19H20N4O6. The summed E-state index contributed by atoms with van der Waals surface area (Å²) in [6.07, 6.45) is 1.58. The van der Waals surface area contributed by atoms with Gasteiger partial charge in [0.05, 0.1) is 23.8 Å². The van der Waals surface area contributed by atoms with Gasteiger partial charge in [0.15, 0.2) is 6.61 Å². The monoisotopic (exact) mass is 400 g/mol. The Labute approximate surface area is 166 Å². The second kappa shape index (κ2) is 9.11. The van der Waals surface area contributed by atoms with E-state index < -0.39 is 23.4 Å². The van der Waals surface area contributed by atoms with Crippen LogP contribution < -0.4 is 10.2 Å². The third-order valence-corrected chi connectivity index (χ3v) is 4.36. The summed E-state index contributed by atoms with van der Waals surface area (Å²) in [5, 5.41) is 13.4. The van der Waals surface area contributed by atoms with Crippen LogP contribution in [0.3, 0.4) is 0 Å². The van der Waals surface area contributed by atoms with Gasteiger partial charge in [-0.3, -0.25) is 14.9 Å². The molecule has 0 radical (unpaired) electrons. The van der Waals surface area contributed by atoms with E-state index in [4.69, 9.17) is 9.47 Å². The number of hydrogen-bond acceptors (Lipinski definition) is 8. The topological polar surface area (TPSA) is 124 Å². The minimum atomic E-state index is -0.675. The minimum absolute atomic E-state index is 0.145. The lowest BCUT2D eigenvalue weighted by molar-refractivity contribution is -0.384. The second-order valence-electron chi connectivity index (χ2n) is 6.35. The number of esters is 1. The van der Waals surface area contributed by atoms with Crippen molar-refractivity contribution in [3.05, 3.63) is 57.8 Å². The number of amides is 1. The summed E-state index contributed by atoms with van der Waals surface area (Å²) in [5.41, 5.74) is 1.05. The molecular weight excluding hydrogens is 380 g/mol. The Kier molecular flexibility index (Phi) is 6.35. The first kappa shape index (κ1) is 20.2. The van der Waals surface area contributed by atoms with E-state index in [-0.39, 0.29) is 16.9 Å². The van der Waals surface area contributed by atoms with Gasteiger partial charge in [-0.1, -0.05) is 6.07 Å². The summed E-state index contributed by atoms with van der Waals surface area (Å²) in [6.45, 7) is 3.45.